The van der Waals surface area contributed by atoms with Crippen molar-refractivity contribution in [2.45, 2.75) is 345 Å². The number of rotatable bonds is 15. The Bertz CT molecular complexity index is 1670. The fourth-order valence-electron chi connectivity index (χ4n) is 23.1. The second-order valence-corrected chi connectivity index (χ2v) is 32.3. The average molecular weight is 1090 g/mol. The van der Waals surface area contributed by atoms with Crippen LogP contribution in [0.15, 0.2) is 48.6 Å². The molecule has 12 fully saturated rings. The zero-order chi connectivity index (χ0) is 54.0. The summed E-state index contributed by atoms with van der Waals surface area (Å²) < 4.78 is 0. The van der Waals surface area contributed by atoms with Crippen LogP contribution in [0.4, 0.5) is 0 Å². The molecule has 12 aliphatic rings. The maximum Gasteiger partial charge on any atom is 0.0158 e. The highest BCUT2D eigenvalue weighted by Gasteiger charge is 2.56. The van der Waals surface area contributed by atoms with Crippen molar-refractivity contribution in [1.82, 2.24) is 9.80 Å². The van der Waals surface area contributed by atoms with Gasteiger partial charge < -0.3 is 0 Å². The molecule has 10 unspecified atom stereocenters. The van der Waals surface area contributed by atoms with Crippen LogP contribution in [0, 0.1) is 94.7 Å². The van der Waals surface area contributed by atoms with Gasteiger partial charge in [-0.1, -0.05) is 165 Å². The molecule has 0 aliphatic heterocycles. The molecule has 10 atom stereocenters. The van der Waals surface area contributed by atoms with E-state index in [1.165, 1.54) is 257 Å². The van der Waals surface area contributed by atoms with Gasteiger partial charge in [0.2, 0.25) is 0 Å². The monoisotopic (exact) mass is 1090 g/mol. The third kappa shape index (κ3) is 14.8. The van der Waals surface area contributed by atoms with Crippen molar-refractivity contribution < 1.29 is 0 Å². The van der Waals surface area contributed by atoms with Crippen LogP contribution in [0.5, 0.6) is 0 Å². The molecule has 12 aliphatic carbocycles. The molecule has 0 heterocycles. The highest BCUT2D eigenvalue weighted by atomic mass is 15.2. The van der Waals surface area contributed by atoms with Gasteiger partial charge in [0.15, 0.2) is 0 Å². The highest BCUT2D eigenvalue weighted by molar-refractivity contribution is 5.10. The van der Waals surface area contributed by atoms with E-state index < -0.39 is 0 Å². The first-order valence-corrected chi connectivity index (χ1v) is 37.8. The molecule has 0 radical (unpaired) electrons. The van der Waals surface area contributed by atoms with Gasteiger partial charge >= 0.3 is 0 Å². The lowest BCUT2D eigenvalue weighted by atomic mass is 9.50. The highest BCUT2D eigenvalue weighted by Crippen LogP contribution is 2.60. The van der Waals surface area contributed by atoms with Gasteiger partial charge in [-0.2, -0.15) is 0 Å². The van der Waals surface area contributed by atoms with E-state index >= 15 is 0 Å². The van der Waals surface area contributed by atoms with E-state index in [0.29, 0.717) is 0 Å². The molecule has 2 nitrogen and oxygen atoms in total. The lowest BCUT2D eigenvalue weighted by Gasteiger charge is -2.62. The molecule has 2 heteroatoms. The Morgan fingerprint density at radius 3 is 0.637 bits per heavy atom. The first kappa shape index (κ1) is 59.2. The van der Waals surface area contributed by atoms with Crippen LogP contribution in [0.3, 0.4) is 0 Å². The minimum atomic E-state index is 0.829. The molecule has 0 aromatic carbocycles. The molecule has 0 N–H and O–H groups in total. The number of hydrogen-bond acceptors (Lipinski definition) is 2. The number of hydrogen-bond donors (Lipinski definition) is 0. The molecule has 450 valence electrons. The van der Waals surface area contributed by atoms with Crippen LogP contribution in [0.2, 0.25) is 0 Å². The molecule has 12 saturated carbocycles. The third-order valence-corrected chi connectivity index (χ3v) is 27.3. The lowest BCUT2D eigenvalue weighted by molar-refractivity contribution is -0.127. The molecule has 0 spiro atoms. The van der Waals surface area contributed by atoms with Crippen molar-refractivity contribution in [3.63, 3.8) is 0 Å². The maximum absolute atomic E-state index is 3.47. The molecule has 0 saturated heterocycles. The van der Waals surface area contributed by atoms with Crippen molar-refractivity contribution in [2.75, 3.05) is 0 Å². The van der Waals surface area contributed by atoms with Crippen LogP contribution in [-0.2, 0) is 0 Å². The Labute approximate surface area is 496 Å². The van der Waals surface area contributed by atoms with Gasteiger partial charge in [-0.25, -0.2) is 0 Å². The van der Waals surface area contributed by atoms with Crippen molar-refractivity contribution in [2.24, 2.45) is 94.7 Å². The second kappa shape index (κ2) is 29.5. The van der Waals surface area contributed by atoms with Gasteiger partial charge in [-0.3, -0.25) is 9.80 Å². The van der Waals surface area contributed by atoms with Gasteiger partial charge in [-0.15, -0.1) is 0 Å². The van der Waals surface area contributed by atoms with Crippen LogP contribution in [-0.4, -0.2) is 46.1 Å². The number of allylic oxidation sites excluding steroid dienone is 8. The van der Waals surface area contributed by atoms with Gasteiger partial charge in [0.05, 0.1) is 0 Å². The van der Waals surface area contributed by atoms with E-state index in [1.807, 2.05) is 0 Å². The van der Waals surface area contributed by atoms with E-state index in [1.54, 1.807) is 38.5 Å². The molecule has 80 heavy (non-hydrogen) atoms. The zero-order valence-electron chi connectivity index (χ0n) is 52.7. The summed E-state index contributed by atoms with van der Waals surface area (Å²) in [4.78, 5) is 6.93. The minimum Gasteiger partial charge on any atom is -0.294 e. The van der Waals surface area contributed by atoms with Gasteiger partial charge in [0.25, 0.3) is 0 Å². The van der Waals surface area contributed by atoms with Crippen molar-refractivity contribution in [3.8, 4) is 0 Å². The molecular weight excluding hydrogens is 965 g/mol. The van der Waals surface area contributed by atoms with Gasteiger partial charge in [0, 0.05) is 36.3 Å². The van der Waals surface area contributed by atoms with Crippen LogP contribution in [0.1, 0.15) is 309 Å². The lowest BCUT2D eigenvalue weighted by Crippen LogP contribution is -2.63. The van der Waals surface area contributed by atoms with Crippen LogP contribution in [0.25, 0.3) is 0 Å². The Balaban J connectivity index is 0.765. The molecule has 12 rings (SSSR count). The summed E-state index contributed by atoms with van der Waals surface area (Å²) in [6.07, 6.45) is 90.2. The largest absolute Gasteiger partial charge is 0.294 e. The smallest absolute Gasteiger partial charge is 0.0158 e. The third-order valence-electron chi connectivity index (χ3n) is 27.3. The predicted molar refractivity (Wildman–Crippen MR) is 343 cm³/mol. The van der Waals surface area contributed by atoms with E-state index in [-0.39, 0.29) is 0 Å². The fraction of sp³-hybridized carbons (Fsp3) is 0.897. The van der Waals surface area contributed by atoms with Gasteiger partial charge in [-0.05, 0) is 287 Å². The quantitative estimate of drug-likeness (QED) is 0.151. The Morgan fingerprint density at radius 2 is 0.400 bits per heavy atom. The van der Waals surface area contributed by atoms with E-state index in [9.17, 15) is 0 Å². The van der Waals surface area contributed by atoms with Crippen molar-refractivity contribution >= 4 is 0 Å². The van der Waals surface area contributed by atoms with Crippen molar-refractivity contribution in [1.29, 1.82) is 0 Å². The molecule has 0 aromatic rings. The van der Waals surface area contributed by atoms with Gasteiger partial charge in [0.1, 0.15) is 0 Å². The summed E-state index contributed by atoms with van der Waals surface area (Å²) in [5.74, 6) is 14.4. The normalized spacial score (nSPS) is 43.1. The summed E-state index contributed by atoms with van der Waals surface area (Å²) in [6.45, 7) is 5.76. The Morgan fingerprint density at radius 1 is 0.200 bits per heavy atom. The second-order valence-electron chi connectivity index (χ2n) is 32.3. The summed E-state index contributed by atoms with van der Waals surface area (Å²) in [5, 5.41) is 0. The van der Waals surface area contributed by atoms with Crippen LogP contribution < -0.4 is 0 Å². The summed E-state index contributed by atoms with van der Waals surface area (Å²) >= 11 is 0. The standard InChI is InChI=1S/C78H128N2/c1-57-55-75(71-27-15-17-29-73(71)77(57)79(67-47-39-63(40-48-67)35-31-59-19-7-3-8-20-59)68-49-41-64(42-50-68)36-32-60-21-9-4-10-22-60)76-56-58(2)78(74-30-18-16-28-72(74)76)80(69-51-43-65(44-52-69)37-33-61-23-11-5-12-24-61)70-53-45-66(46-54-70)38-34-62-25-13-6-14-26-62/h31-38,57-78H,3-30,39-56H2,1-2H3/b35-31+,36-32+,37-33+,38-34+. The van der Waals surface area contributed by atoms with Crippen LogP contribution >= 0.6 is 0 Å². The molecular formula is C78H128N2. The minimum absolute atomic E-state index is 0.829. The first-order chi connectivity index (χ1) is 39.5. The Hall–Kier alpha value is -1.12. The van der Waals surface area contributed by atoms with E-state index in [2.05, 4.69) is 72.3 Å². The van der Waals surface area contributed by atoms with E-state index in [4.69, 9.17) is 0 Å². The zero-order valence-corrected chi connectivity index (χ0v) is 52.7. The van der Waals surface area contributed by atoms with Crippen molar-refractivity contribution in [3.05, 3.63) is 48.6 Å². The maximum atomic E-state index is 3.47. The van der Waals surface area contributed by atoms with E-state index in [0.717, 1.165) is 131 Å². The Kier molecular flexibility index (Phi) is 21.9. The predicted octanol–water partition coefficient (Wildman–Crippen LogP) is 22.0. The summed E-state index contributed by atoms with van der Waals surface area (Å²) in [6, 6.07) is 4.99. The molecule has 0 amide bonds. The molecule has 0 bridgehead atoms. The topological polar surface area (TPSA) is 6.48 Å². The molecule has 0 aromatic heterocycles. The number of nitrogens with zero attached hydrogens (tertiary/aromatic N) is 2. The summed E-state index contributed by atoms with van der Waals surface area (Å²) in [5.41, 5.74) is 0. The number of fused-ring (bicyclic) bond motifs is 2. The average Bonchev–Trinajstić information content (AvgIpc) is 3.55. The summed E-state index contributed by atoms with van der Waals surface area (Å²) in [7, 11) is 0. The SMILES string of the molecule is CC1CC(C2CC(C)C(N(C3CCC(/C=C/C4CCCCC4)CC3)C3CCC(/C=C/C4CCCCC4)CC3)C3CCCCC23)C2CCCCC2C1N(C1CCC(/C=C/C2CCCCC2)CC1)C1CCC(/C=C/C2CCCCC2)CC1. The fourth-order valence-corrected chi connectivity index (χ4v) is 23.1. The first-order valence-electron chi connectivity index (χ1n) is 37.8.